The molecule has 0 aromatic heterocycles. The van der Waals surface area contributed by atoms with Crippen LogP contribution in [0.15, 0.2) is 48.5 Å². The fourth-order valence-electron chi connectivity index (χ4n) is 1.83. The molecule has 0 unspecified atom stereocenters. The third-order valence-electron chi connectivity index (χ3n) is 3.07. The topological polar surface area (TPSA) is 38.3 Å². The van der Waals surface area contributed by atoms with Crippen molar-refractivity contribution in [2.24, 2.45) is 0 Å². The molecule has 0 heterocycles. The van der Waals surface area contributed by atoms with E-state index in [1.807, 2.05) is 30.3 Å². The fraction of sp³-hybridized carbons (Fsp3) is 0.235. The molecule has 0 saturated carbocycles. The summed E-state index contributed by atoms with van der Waals surface area (Å²) in [4.78, 5) is 11.6. The second-order valence-electron chi connectivity index (χ2n) is 4.84. The van der Waals surface area contributed by atoms with Crippen LogP contribution in [0.2, 0.25) is 0 Å². The molecule has 2 aromatic rings. The number of amides is 1. The second-order valence-corrected chi connectivity index (χ2v) is 4.84. The molecule has 21 heavy (non-hydrogen) atoms. The lowest BCUT2D eigenvalue weighted by Gasteiger charge is -2.07. The van der Waals surface area contributed by atoms with Gasteiger partial charge in [-0.1, -0.05) is 42.5 Å². The van der Waals surface area contributed by atoms with E-state index in [0.717, 1.165) is 11.1 Å². The highest BCUT2D eigenvalue weighted by Crippen LogP contribution is 2.08. The van der Waals surface area contributed by atoms with Gasteiger partial charge in [-0.2, -0.15) is 0 Å². The Morgan fingerprint density at radius 1 is 1.14 bits per heavy atom. The quantitative estimate of drug-likeness (QED) is 0.887. The van der Waals surface area contributed by atoms with Crippen molar-refractivity contribution in [2.75, 3.05) is 6.61 Å². The van der Waals surface area contributed by atoms with Crippen molar-refractivity contribution >= 4 is 5.91 Å². The molecule has 0 aliphatic heterocycles. The molecular weight excluding hydrogens is 269 g/mol. The Bertz CT molecular complexity index is 599. The first-order valence-corrected chi connectivity index (χ1v) is 6.78. The van der Waals surface area contributed by atoms with Crippen LogP contribution in [-0.2, 0) is 22.7 Å². The van der Waals surface area contributed by atoms with Crippen molar-refractivity contribution in [3.05, 3.63) is 71.0 Å². The largest absolute Gasteiger partial charge is 0.367 e. The van der Waals surface area contributed by atoms with E-state index in [2.05, 4.69) is 5.32 Å². The Morgan fingerprint density at radius 3 is 2.62 bits per heavy atom. The standard InChI is InChI=1S/C17H18FNO2/c1-13-7-8-15(9-16(13)18)10-19-17(20)12-21-11-14-5-3-2-4-6-14/h2-9H,10-12H2,1H3,(H,19,20). The first-order valence-electron chi connectivity index (χ1n) is 6.78. The van der Waals surface area contributed by atoms with Gasteiger partial charge < -0.3 is 10.1 Å². The number of ether oxygens (including phenoxy) is 1. The zero-order chi connectivity index (χ0) is 15.1. The number of aryl methyl sites for hydroxylation is 1. The number of benzene rings is 2. The van der Waals surface area contributed by atoms with Gasteiger partial charge in [-0.05, 0) is 29.7 Å². The molecule has 0 spiro atoms. The normalized spacial score (nSPS) is 10.4. The van der Waals surface area contributed by atoms with Crippen LogP contribution in [0, 0.1) is 12.7 Å². The van der Waals surface area contributed by atoms with Gasteiger partial charge in [-0.15, -0.1) is 0 Å². The summed E-state index contributed by atoms with van der Waals surface area (Å²) in [5.74, 6) is -0.478. The van der Waals surface area contributed by atoms with Crippen LogP contribution >= 0.6 is 0 Å². The molecule has 2 rings (SSSR count). The maximum Gasteiger partial charge on any atom is 0.246 e. The van der Waals surface area contributed by atoms with Gasteiger partial charge in [0.25, 0.3) is 0 Å². The third kappa shape index (κ3) is 5.00. The summed E-state index contributed by atoms with van der Waals surface area (Å²) < 4.78 is 18.7. The number of halogens is 1. The molecule has 1 amide bonds. The number of rotatable bonds is 6. The monoisotopic (exact) mass is 287 g/mol. The number of hydrogen-bond acceptors (Lipinski definition) is 2. The van der Waals surface area contributed by atoms with E-state index in [9.17, 15) is 9.18 Å². The molecular formula is C17H18FNO2. The minimum absolute atomic E-state index is 0.0107. The lowest BCUT2D eigenvalue weighted by Crippen LogP contribution is -2.27. The minimum atomic E-state index is -0.262. The van der Waals surface area contributed by atoms with Gasteiger partial charge >= 0.3 is 0 Å². The van der Waals surface area contributed by atoms with Crippen LogP contribution in [0.1, 0.15) is 16.7 Å². The van der Waals surface area contributed by atoms with Gasteiger partial charge in [-0.25, -0.2) is 4.39 Å². The molecule has 4 heteroatoms. The Morgan fingerprint density at radius 2 is 1.90 bits per heavy atom. The first kappa shape index (κ1) is 15.2. The number of carbonyl (C=O) groups excluding carboxylic acids is 1. The van der Waals surface area contributed by atoms with Crippen LogP contribution in [-0.4, -0.2) is 12.5 Å². The fourth-order valence-corrected chi connectivity index (χ4v) is 1.83. The average Bonchev–Trinajstić information content (AvgIpc) is 2.49. The highest BCUT2D eigenvalue weighted by atomic mass is 19.1. The maximum absolute atomic E-state index is 13.4. The first-order chi connectivity index (χ1) is 10.1. The maximum atomic E-state index is 13.4. The molecule has 2 aromatic carbocycles. The van der Waals surface area contributed by atoms with Crippen molar-refractivity contribution in [3.63, 3.8) is 0 Å². The van der Waals surface area contributed by atoms with Crippen LogP contribution < -0.4 is 5.32 Å². The van der Waals surface area contributed by atoms with Gasteiger partial charge in [0.1, 0.15) is 12.4 Å². The van der Waals surface area contributed by atoms with Crippen molar-refractivity contribution in [1.29, 1.82) is 0 Å². The molecule has 0 aliphatic rings. The van der Waals surface area contributed by atoms with Crippen molar-refractivity contribution in [1.82, 2.24) is 5.32 Å². The van der Waals surface area contributed by atoms with E-state index in [1.54, 1.807) is 19.1 Å². The van der Waals surface area contributed by atoms with Crippen LogP contribution in [0.25, 0.3) is 0 Å². The molecule has 1 N–H and O–H groups in total. The van der Waals surface area contributed by atoms with Crippen molar-refractivity contribution in [3.8, 4) is 0 Å². The summed E-state index contributed by atoms with van der Waals surface area (Å²) in [7, 11) is 0. The van der Waals surface area contributed by atoms with Gasteiger partial charge in [0, 0.05) is 6.54 Å². The summed E-state index contributed by atoms with van der Waals surface area (Å²) in [6.07, 6.45) is 0. The van der Waals surface area contributed by atoms with E-state index in [1.165, 1.54) is 6.07 Å². The Kier molecular flexibility index (Phi) is 5.46. The molecule has 0 radical (unpaired) electrons. The molecule has 0 aliphatic carbocycles. The Balaban J connectivity index is 1.71. The minimum Gasteiger partial charge on any atom is -0.367 e. The lowest BCUT2D eigenvalue weighted by atomic mass is 10.1. The average molecular weight is 287 g/mol. The molecule has 0 saturated heterocycles. The van der Waals surface area contributed by atoms with Crippen LogP contribution in [0.3, 0.4) is 0 Å². The molecule has 110 valence electrons. The highest BCUT2D eigenvalue weighted by molar-refractivity contribution is 5.77. The highest BCUT2D eigenvalue weighted by Gasteiger charge is 2.04. The van der Waals surface area contributed by atoms with E-state index >= 15 is 0 Å². The predicted molar refractivity (Wildman–Crippen MR) is 79.1 cm³/mol. The van der Waals surface area contributed by atoms with Gasteiger partial charge in [-0.3, -0.25) is 4.79 Å². The summed E-state index contributed by atoms with van der Waals surface area (Å²) in [6.45, 7) is 2.39. The molecule has 0 atom stereocenters. The zero-order valence-electron chi connectivity index (χ0n) is 11.9. The summed E-state index contributed by atoms with van der Waals surface area (Å²) in [5.41, 5.74) is 2.34. The number of carbonyl (C=O) groups is 1. The number of hydrogen-bond donors (Lipinski definition) is 1. The van der Waals surface area contributed by atoms with E-state index < -0.39 is 0 Å². The second kappa shape index (κ2) is 7.55. The van der Waals surface area contributed by atoms with E-state index in [4.69, 9.17) is 4.74 Å². The van der Waals surface area contributed by atoms with Gasteiger partial charge in [0.2, 0.25) is 5.91 Å². The van der Waals surface area contributed by atoms with E-state index in [0.29, 0.717) is 18.7 Å². The SMILES string of the molecule is Cc1ccc(CNC(=O)COCc2ccccc2)cc1F. The lowest BCUT2D eigenvalue weighted by molar-refractivity contribution is -0.126. The summed E-state index contributed by atoms with van der Waals surface area (Å²) in [6, 6.07) is 14.6. The number of nitrogens with one attached hydrogen (secondary N) is 1. The summed E-state index contributed by atoms with van der Waals surface area (Å²) >= 11 is 0. The van der Waals surface area contributed by atoms with Crippen molar-refractivity contribution < 1.29 is 13.9 Å². The molecule has 0 fully saturated rings. The van der Waals surface area contributed by atoms with Crippen LogP contribution in [0.5, 0.6) is 0 Å². The van der Waals surface area contributed by atoms with Gasteiger partial charge in [0.05, 0.1) is 6.61 Å². The van der Waals surface area contributed by atoms with E-state index in [-0.39, 0.29) is 18.3 Å². The third-order valence-corrected chi connectivity index (χ3v) is 3.07. The smallest absolute Gasteiger partial charge is 0.246 e. The Labute approximate surface area is 123 Å². The Hall–Kier alpha value is -2.20. The summed E-state index contributed by atoms with van der Waals surface area (Å²) in [5, 5.41) is 2.70. The molecule has 3 nitrogen and oxygen atoms in total. The van der Waals surface area contributed by atoms with Crippen LogP contribution in [0.4, 0.5) is 4.39 Å². The van der Waals surface area contributed by atoms with Gasteiger partial charge in [0.15, 0.2) is 0 Å². The predicted octanol–water partition coefficient (Wildman–Crippen LogP) is 2.97. The zero-order valence-corrected chi connectivity index (χ0v) is 11.9. The van der Waals surface area contributed by atoms with Crippen molar-refractivity contribution in [2.45, 2.75) is 20.1 Å². The molecule has 0 bridgehead atoms.